The molecule has 2 rings (SSSR count). The Kier molecular flexibility index (Phi) is 5.03. The van der Waals surface area contributed by atoms with Crippen molar-refractivity contribution in [3.63, 3.8) is 0 Å². The van der Waals surface area contributed by atoms with E-state index in [0.717, 1.165) is 11.1 Å². The molecular formula is C15H14Cl2OS. The van der Waals surface area contributed by atoms with Crippen molar-refractivity contribution in [3.05, 3.63) is 69.2 Å². The molecule has 0 aromatic heterocycles. The predicted octanol–water partition coefficient (Wildman–Crippen LogP) is 4.75. The topological polar surface area (TPSA) is 17.1 Å². The van der Waals surface area contributed by atoms with Gasteiger partial charge in [-0.15, -0.1) is 0 Å². The average Bonchev–Trinajstić information content (AvgIpc) is 2.37. The predicted molar refractivity (Wildman–Crippen MR) is 83.2 cm³/mol. The molecular weight excluding hydrogens is 299 g/mol. The fraction of sp³-hybridized carbons (Fsp3) is 0.200. The molecule has 1 atom stereocenters. The van der Waals surface area contributed by atoms with Crippen LogP contribution in [0, 0.1) is 6.92 Å². The lowest BCUT2D eigenvalue weighted by atomic mass is 10.2. The molecule has 2 aromatic rings. The van der Waals surface area contributed by atoms with Crippen LogP contribution in [0.4, 0.5) is 0 Å². The molecule has 0 N–H and O–H groups in total. The second kappa shape index (κ2) is 6.56. The highest BCUT2D eigenvalue weighted by Crippen LogP contribution is 2.26. The third kappa shape index (κ3) is 4.07. The number of hydrogen-bond donors (Lipinski definition) is 0. The van der Waals surface area contributed by atoms with Crippen molar-refractivity contribution >= 4 is 34.0 Å². The van der Waals surface area contributed by atoms with Crippen molar-refractivity contribution in [3.8, 4) is 0 Å². The fourth-order valence-electron chi connectivity index (χ4n) is 1.75. The van der Waals surface area contributed by atoms with Gasteiger partial charge in [0.1, 0.15) is 0 Å². The van der Waals surface area contributed by atoms with E-state index in [9.17, 15) is 4.21 Å². The van der Waals surface area contributed by atoms with E-state index in [4.69, 9.17) is 23.2 Å². The highest BCUT2D eigenvalue weighted by Gasteiger charge is 2.10. The quantitative estimate of drug-likeness (QED) is 0.796. The first-order chi connectivity index (χ1) is 9.06. The zero-order chi connectivity index (χ0) is 13.8. The molecule has 0 unspecified atom stereocenters. The number of hydrogen-bond acceptors (Lipinski definition) is 1. The summed E-state index contributed by atoms with van der Waals surface area (Å²) >= 11 is 12.2. The van der Waals surface area contributed by atoms with Crippen LogP contribution < -0.4 is 0 Å². The van der Waals surface area contributed by atoms with Crippen LogP contribution in [0.3, 0.4) is 0 Å². The Morgan fingerprint density at radius 2 is 1.53 bits per heavy atom. The van der Waals surface area contributed by atoms with Gasteiger partial charge in [-0.2, -0.15) is 0 Å². The lowest BCUT2D eigenvalue weighted by molar-refractivity contribution is 0.682. The molecule has 0 aliphatic carbocycles. The minimum atomic E-state index is -1.02. The highest BCUT2D eigenvalue weighted by atomic mass is 35.5. The van der Waals surface area contributed by atoms with Crippen molar-refractivity contribution in [1.29, 1.82) is 0 Å². The number of halogens is 2. The van der Waals surface area contributed by atoms with E-state index in [-0.39, 0.29) is 0 Å². The Bertz CT molecular complexity index is 573. The van der Waals surface area contributed by atoms with Gasteiger partial charge < -0.3 is 0 Å². The first-order valence-corrected chi connectivity index (χ1v) is 8.14. The van der Waals surface area contributed by atoms with Crippen LogP contribution in [0.1, 0.15) is 16.7 Å². The minimum absolute atomic E-state index is 0.381. The summed E-state index contributed by atoms with van der Waals surface area (Å²) < 4.78 is 12.2. The average molecular weight is 313 g/mol. The Morgan fingerprint density at radius 1 is 0.947 bits per heavy atom. The number of rotatable bonds is 4. The normalized spacial score (nSPS) is 12.4. The summed E-state index contributed by atoms with van der Waals surface area (Å²) in [4.78, 5) is 0. The summed E-state index contributed by atoms with van der Waals surface area (Å²) in [5.74, 6) is 0.897. The zero-order valence-corrected chi connectivity index (χ0v) is 12.9. The van der Waals surface area contributed by atoms with E-state index in [2.05, 4.69) is 0 Å². The summed E-state index contributed by atoms with van der Waals surface area (Å²) in [5.41, 5.74) is 3.02. The number of aryl methyl sites for hydroxylation is 1. The van der Waals surface area contributed by atoms with E-state index in [1.54, 1.807) is 18.2 Å². The van der Waals surface area contributed by atoms with Crippen LogP contribution in [-0.2, 0) is 22.3 Å². The smallest absolute Gasteiger partial charge is 0.0518 e. The molecule has 0 saturated carbocycles. The molecule has 2 aromatic carbocycles. The van der Waals surface area contributed by atoms with Crippen LogP contribution in [0.25, 0.3) is 0 Å². The van der Waals surface area contributed by atoms with Gasteiger partial charge >= 0.3 is 0 Å². The van der Waals surface area contributed by atoms with Crippen LogP contribution in [0.15, 0.2) is 42.5 Å². The van der Waals surface area contributed by atoms with Gasteiger partial charge in [-0.05, 0) is 24.6 Å². The molecule has 0 aliphatic rings. The number of benzene rings is 2. The molecule has 100 valence electrons. The third-order valence-corrected chi connectivity index (χ3v) is 4.79. The fourth-order valence-corrected chi connectivity index (χ4v) is 3.74. The zero-order valence-electron chi connectivity index (χ0n) is 10.5. The van der Waals surface area contributed by atoms with E-state index < -0.39 is 10.8 Å². The van der Waals surface area contributed by atoms with Gasteiger partial charge in [0.15, 0.2) is 0 Å². The summed E-state index contributed by atoms with van der Waals surface area (Å²) in [6, 6.07) is 13.4. The van der Waals surface area contributed by atoms with Crippen LogP contribution in [0.2, 0.25) is 10.0 Å². The SMILES string of the molecule is Cc1ccc(C[S@](=O)Cc2c(Cl)cccc2Cl)cc1. The molecule has 19 heavy (non-hydrogen) atoms. The first kappa shape index (κ1) is 14.6. The highest BCUT2D eigenvalue weighted by molar-refractivity contribution is 7.83. The van der Waals surface area contributed by atoms with E-state index >= 15 is 0 Å². The van der Waals surface area contributed by atoms with Gasteiger partial charge in [-0.3, -0.25) is 4.21 Å². The molecule has 0 bridgehead atoms. The Balaban J connectivity index is 2.07. The van der Waals surface area contributed by atoms with Gasteiger partial charge in [0.25, 0.3) is 0 Å². The van der Waals surface area contributed by atoms with Gasteiger partial charge in [0.05, 0.1) is 5.75 Å². The van der Waals surface area contributed by atoms with Crippen molar-refractivity contribution < 1.29 is 4.21 Å². The van der Waals surface area contributed by atoms with Gasteiger partial charge in [0.2, 0.25) is 0 Å². The van der Waals surface area contributed by atoms with Crippen LogP contribution in [-0.4, -0.2) is 4.21 Å². The van der Waals surface area contributed by atoms with Gasteiger partial charge in [-0.1, -0.05) is 59.1 Å². The maximum Gasteiger partial charge on any atom is 0.0518 e. The molecule has 4 heteroatoms. The van der Waals surface area contributed by atoms with E-state index in [0.29, 0.717) is 21.6 Å². The Morgan fingerprint density at radius 3 is 2.11 bits per heavy atom. The van der Waals surface area contributed by atoms with Crippen molar-refractivity contribution in [2.24, 2.45) is 0 Å². The second-order valence-corrected chi connectivity index (χ2v) is 6.69. The van der Waals surface area contributed by atoms with Crippen molar-refractivity contribution in [1.82, 2.24) is 0 Å². The summed E-state index contributed by atoms with van der Waals surface area (Å²) in [7, 11) is -1.02. The molecule has 1 nitrogen and oxygen atoms in total. The summed E-state index contributed by atoms with van der Waals surface area (Å²) in [6.07, 6.45) is 0. The lowest BCUT2D eigenvalue weighted by Gasteiger charge is -2.07. The van der Waals surface area contributed by atoms with Gasteiger partial charge in [-0.25, -0.2) is 0 Å². The summed E-state index contributed by atoms with van der Waals surface area (Å²) in [5, 5.41) is 1.15. The molecule has 0 aliphatic heterocycles. The van der Waals surface area contributed by atoms with Crippen LogP contribution in [0.5, 0.6) is 0 Å². The standard InChI is InChI=1S/C15H14Cl2OS/c1-11-5-7-12(8-6-11)9-19(18)10-13-14(16)3-2-4-15(13)17/h2-8H,9-10H2,1H3/t19-/m0/s1. The first-order valence-electron chi connectivity index (χ1n) is 5.89. The van der Waals surface area contributed by atoms with Crippen molar-refractivity contribution in [2.75, 3.05) is 0 Å². The van der Waals surface area contributed by atoms with Crippen molar-refractivity contribution in [2.45, 2.75) is 18.4 Å². The lowest BCUT2D eigenvalue weighted by Crippen LogP contribution is -2.01. The molecule has 0 fully saturated rings. The molecule has 0 heterocycles. The second-order valence-electron chi connectivity index (χ2n) is 4.41. The van der Waals surface area contributed by atoms with Gasteiger partial charge in [0, 0.05) is 32.2 Å². The Hall–Kier alpha value is -0.830. The van der Waals surface area contributed by atoms with E-state index in [1.165, 1.54) is 5.56 Å². The van der Waals surface area contributed by atoms with E-state index in [1.807, 2.05) is 31.2 Å². The maximum atomic E-state index is 12.2. The third-order valence-electron chi connectivity index (χ3n) is 2.82. The van der Waals surface area contributed by atoms with Crippen LogP contribution >= 0.6 is 23.2 Å². The molecule has 0 amide bonds. The summed E-state index contributed by atoms with van der Waals surface area (Å²) in [6.45, 7) is 2.03. The monoisotopic (exact) mass is 312 g/mol. The Labute approximate surface area is 126 Å². The minimum Gasteiger partial charge on any atom is -0.259 e. The molecule has 0 radical (unpaired) electrons. The maximum absolute atomic E-state index is 12.2. The molecule has 0 spiro atoms. The largest absolute Gasteiger partial charge is 0.259 e. The molecule has 0 saturated heterocycles.